The number of aryl methyl sites for hydroxylation is 2. The van der Waals surface area contributed by atoms with Gasteiger partial charge in [-0.25, -0.2) is 4.90 Å². The van der Waals surface area contributed by atoms with E-state index in [0.717, 1.165) is 28.0 Å². The highest BCUT2D eigenvalue weighted by Crippen LogP contribution is 2.36. The second-order valence-electron chi connectivity index (χ2n) is 8.84. The van der Waals surface area contributed by atoms with Gasteiger partial charge in [-0.1, -0.05) is 49.7 Å². The second kappa shape index (κ2) is 9.56. The van der Waals surface area contributed by atoms with Crippen LogP contribution in [0.25, 0.3) is 5.57 Å². The first-order valence-corrected chi connectivity index (χ1v) is 11.6. The molecule has 5 nitrogen and oxygen atoms in total. The standard InChI is InChI=1S/C29H30N2O3/c1-6-34-24-14-10-22(11-15-24)30-27-26(25-16-7-19(4)17-20(25)5)28(32)31(29(27)33)23-12-8-21(9-13-23)18(2)3/h7-18,30H,6H2,1-5H3. The van der Waals surface area contributed by atoms with Gasteiger partial charge in [-0.05, 0) is 79.8 Å². The van der Waals surface area contributed by atoms with Crippen LogP contribution >= 0.6 is 0 Å². The molecule has 0 saturated heterocycles. The van der Waals surface area contributed by atoms with Crippen LogP contribution in [0.3, 0.4) is 0 Å². The normalized spacial score (nSPS) is 13.8. The van der Waals surface area contributed by atoms with Gasteiger partial charge in [0.2, 0.25) is 0 Å². The maximum absolute atomic E-state index is 13.7. The number of nitrogens with one attached hydrogen (secondary N) is 1. The van der Waals surface area contributed by atoms with E-state index in [9.17, 15) is 9.59 Å². The van der Waals surface area contributed by atoms with Gasteiger partial charge in [0.1, 0.15) is 11.4 Å². The fourth-order valence-electron chi connectivity index (χ4n) is 4.18. The van der Waals surface area contributed by atoms with Crippen LogP contribution in [0.15, 0.2) is 72.4 Å². The summed E-state index contributed by atoms with van der Waals surface area (Å²) >= 11 is 0. The summed E-state index contributed by atoms with van der Waals surface area (Å²) < 4.78 is 5.52. The zero-order chi connectivity index (χ0) is 24.4. The molecule has 3 aromatic rings. The first-order valence-electron chi connectivity index (χ1n) is 11.6. The topological polar surface area (TPSA) is 58.6 Å². The molecule has 1 N–H and O–H groups in total. The van der Waals surface area contributed by atoms with E-state index in [1.165, 1.54) is 4.90 Å². The smallest absolute Gasteiger partial charge is 0.282 e. The van der Waals surface area contributed by atoms with Crippen LogP contribution in [0.2, 0.25) is 0 Å². The number of hydrogen-bond donors (Lipinski definition) is 1. The summed E-state index contributed by atoms with van der Waals surface area (Å²) in [4.78, 5) is 28.6. The number of carbonyl (C=O) groups excluding carboxylic acids is 2. The minimum atomic E-state index is -0.369. The van der Waals surface area contributed by atoms with Crippen molar-refractivity contribution in [1.82, 2.24) is 0 Å². The number of ether oxygens (including phenoxy) is 1. The lowest BCUT2D eigenvalue weighted by Crippen LogP contribution is -2.32. The van der Waals surface area contributed by atoms with Crippen LogP contribution in [0.4, 0.5) is 11.4 Å². The number of imide groups is 1. The summed E-state index contributed by atoms with van der Waals surface area (Å²) in [6.45, 7) is 10.7. The highest BCUT2D eigenvalue weighted by atomic mass is 16.5. The third-order valence-electron chi connectivity index (χ3n) is 5.99. The van der Waals surface area contributed by atoms with Crippen molar-refractivity contribution < 1.29 is 14.3 Å². The molecule has 2 amide bonds. The number of carbonyl (C=O) groups is 2. The van der Waals surface area contributed by atoms with Crippen LogP contribution in [0, 0.1) is 13.8 Å². The molecule has 1 heterocycles. The molecule has 0 spiro atoms. The Morgan fingerprint density at radius 3 is 2.15 bits per heavy atom. The van der Waals surface area contributed by atoms with Crippen LogP contribution in [0.1, 0.15) is 48.9 Å². The summed E-state index contributed by atoms with van der Waals surface area (Å²) in [5.74, 6) is 0.408. The third-order valence-corrected chi connectivity index (χ3v) is 5.99. The average Bonchev–Trinajstić information content (AvgIpc) is 3.05. The first-order chi connectivity index (χ1) is 16.3. The Morgan fingerprint density at radius 2 is 1.56 bits per heavy atom. The Bertz CT molecular complexity index is 1260. The highest BCUT2D eigenvalue weighted by molar-refractivity contribution is 6.46. The molecular formula is C29H30N2O3. The summed E-state index contributed by atoms with van der Waals surface area (Å²) in [6, 6.07) is 20.9. The largest absolute Gasteiger partial charge is 0.494 e. The van der Waals surface area contributed by atoms with Gasteiger partial charge in [-0.2, -0.15) is 0 Å². The number of amides is 2. The lowest BCUT2D eigenvalue weighted by Gasteiger charge is -2.17. The van der Waals surface area contributed by atoms with Crippen LogP contribution < -0.4 is 15.0 Å². The molecule has 0 fully saturated rings. The van der Waals surface area contributed by atoms with Crippen molar-refractivity contribution in [2.45, 2.75) is 40.5 Å². The predicted molar refractivity (Wildman–Crippen MR) is 137 cm³/mol. The molecule has 1 aliphatic rings. The summed E-state index contributed by atoms with van der Waals surface area (Å²) in [5.41, 5.74) is 5.86. The Morgan fingerprint density at radius 1 is 0.882 bits per heavy atom. The number of hydrogen-bond acceptors (Lipinski definition) is 4. The molecule has 174 valence electrons. The zero-order valence-electron chi connectivity index (χ0n) is 20.3. The van der Waals surface area contributed by atoms with E-state index in [4.69, 9.17) is 4.74 Å². The number of nitrogens with zero attached hydrogens (tertiary/aromatic N) is 1. The molecule has 1 aliphatic heterocycles. The fourth-order valence-corrected chi connectivity index (χ4v) is 4.18. The molecule has 3 aromatic carbocycles. The van der Waals surface area contributed by atoms with E-state index in [0.29, 0.717) is 29.5 Å². The van der Waals surface area contributed by atoms with Crippen molar-refractivity contribution in [3.63, 3.8) is 0 Å². The van der Waals surface area contributed by atoms with Gasteiger partial charge in [0, 0.05) is 5.69 Å². The molecule has 0 radical (unpaired) electrons. The second-order valence-corrected chi connectivity index (χ2v) is 8.84. The zero-order valence-corrected chi connectivity index (χ0v) is 20.3. The monoisotopic (exact) mass is 454 g/mol. The molecule has 0 saturated carbocycles. The minimum Gasteiger partial charge on any atom is -0.494 e. The Hall–Kier alpha value is -3.86. The van der Waals surface area contributed by atoms with Crippen molar-refractivity contribution >= 4 is 28.8 Å². The van der Waals surface area contributed by atoms with Gasteiger partial charge in [-0.15, -0.1) is 0 Å². The Kier molecular flexibility index (Phi) is 6.55. The number of benzene rings is 3. The van der Waals surface area contributed by atoms with E-state index >= 15 is 0 Å². The van der Waals surface area contributed by atoms with E-state index < -0.39 is 0 Å². The highest BCUT2D eigenvalue weighted by Gasteiger charge is 2.40. The van der Waals surface area contributed by atoms with Gasteiger partial charge in [0.05, 0.1) is 17.9 Å². The lowest BCUT2D eigenvalue weighted by molar-refractivity contribution is -0.120. The molecule has 34 heavy (non-hydrogen) atoms. The van der Waals surface area contributed by atoms with E-state index in [1.807, 2.05) is 87.5 Å². The quantitative estimate of drug-likeness (QED) is 0.431. The minimum absolute atomic E-state index is 0.272. The summed E-state index contributed by atoms with van der Waals surface area (Å²) in [6.07, 6.45) is 0. The van der Waals surface area contributed by atoms with E-state index in [2.05, 4.69) is 19.2 Å². The molecule has 0 bridgehead atoms. The fraction of sp³-hybridized carbons (Fsp3) is 0.241. The Labute approximate surface area is 201 Å². The predicted octanol–water partition coefficient (Wildman–Crippen LogP) is 6.22. The molecule has 4 rings (SSSR count). The van der Waals surface area contributed by atoms with E-state index in [-0.39, 0.29) is 17.5 Å². The van der Waals surface area contributed by atoms with Crippen molar-refractivity contribution in [2.75, 3.05) is 16.8 Å². The van der Waals surface area contributed by atoms with Gasteiger partial charge in [0.25, 0.3) is 11.8 Å². The Balaban J connectivity index is 1.77. The molecule has 0 aliphatic carbocycles. The maximum Gasteiger partial charge on any atom is 0.282 e. The average molecular weight is 455 g/mol. The van der Waals surface area contributed by atoms with Crippen LogP contribution in [-0.2, 0) is 9.59 Å². The van der Waals surface area contributed by atoms with Crippen molar-refractivity contribution in [1.29, 1.82) is 0 Å². The third kappa shape index (κ3) is 4.46. The first kappa shape index (κ1) is 23.3. The van der Waals surface area contributed by atoms with Gasteiger partial charge < -0.3 is 10.1 Å². The van der Waals surface area contributed by atoms with Gasteiger partial charge in [0.15, 0.2) is 0 Å². The van der Waals surface area contributed by atoms with Gasteiger partial charge in [-0.3, -0.25) is 9.59 Å². The molecule has 0 atom stereocenters. The number of anilines is 2. The van der Waals surface area contributed by atoms with Crippen molar-refractivity contribution in [3.05, 3.63) is 94.7 Å². The van der Waals surface area contributed by atoms with Crippen LogP contribution in [-0.4, -0.2) is 18.4 Å². The molecule has 0 aromatic heterocycles. The maximum atomic E-state index is 13.7. The summed E-state index contributed by atoms with van der Waals surface area (Å²) in [7, 11) is 0. The SMILES string of the molecule is CCOc1ccc(NC2=C(c3ccc(C)cc3C)C(=O)N(c3ccc(C(C)C)cc3)C2=O)cc1. The molecule has 5 heteroatoms. The van der Waals surface area contributed by atoms with Gasteiger partial charge >= 0.3 is 0 Å². The molecular weight excluding hydrogens is 424 g/mol. The van der Waals surface area contributed by atoms with Crippen LogP contribution in [0.5, 0.6) is 5.75 Å². The van der Waals surface area contributed by atoms with E-state index in [1.54, 1.807) is 0 Å². The summed E-state index contributed by atoms with van der Waals surface area (Å²) in [5, 5.41) is 3.22. The van der Waals surface area contributed by atoms with Crippen molar-refractivity contribution in [3.8, 4) is 5.75 Å². The number of rotatable bonds is 7. The lowest BCUT2D eigenvalue weighted by atomic mass is 9.97. The van der Waals surface area contributed by atoms with Crippen molar-refractivity contribution in [2.24, 2.45) is 0 Å². The molecule has 0 unspecified atom stereocenters.